The van der Waals surface area contributed by atoms with Crippen LogP contribution in [-0.2, 0) is 11.2 Å². The molecular formula is C28H32N2O6. The molecule has 0 aromatic heterocycles. The van der Waals surface area contributed by atoms with Crippen LogP contribution >= 0.6 is 0 Å². The summed E-state index contributed by atoms with van der Waals surface area (Å²) < 4.78 is 22.3. The highest BCUT2D eigenvalue weighted by Crippen LogP contribution is 2.37. The number of aryl methyl sites for hydroxylation is 1. The van der Waals surface area contributed by atoms with Gasteiger partial charge in [0.15, 0.2) is 11.5 Å². The van der Waals surface area contributed by atoms with Crippen LogP contribution in [0.5, 0.6) is 23.0 Å². The van der Waals surface area contributed by atoms with Crippen LogP contribution in [0.4, 0.5) is 11.4 Å². The lowest BCUT2D eigenvalue weighted by molar-refractivity contribution is -0.116. The fraction of sp³-hybridized carbons (Fsp3) is 0.286. The van der Waals surface area contributed by atoms with Crippen LogP contribution in [0.1, 0.15) is 36.2 Å². The number of nitrogens with one attached hydrogen (secondary N) is 2. The van der Waals surface area contributed by atoms with Gasteiger partial charge in [0.05, 0.1) is 38.8 Å². The Morgan fingerprint density at radius 3 is 1.97 bits per heavy atom. The molecule has 3 aromatic rings. The van der Waals surface area contributed by atoms with Gasteiger partial charge in [-0.3, -0.25) is 9.59 Å². The van der Waals surface area contributed by atoms with Gasteiger partial charge in [-0.05, 0) is 44.0 Å². The van der Waals surface area contributed by atoms with E-state index in [1.165, 1.54) is 0 Å². The van der Waals surface area contributed by atoms with Crippen molar-refractivity contribution in [1.29, 1.82) is 0 Å². The topological polar surface area (TPSA) is 95.1 Å². The van der Waals surface area contributed by atoms with E-state index in [4.69, 9.17) is 18.9 Å². The highest BCUT2D eigenvalue weighted by molar-refractivity contribution is 6.05. The van der Waals surface area contributed by atoms with Crippen LogP contribution in [0.2, 0.25) is 0 Å². The van der Waals surface area contributed by atoms with Gasteiger partial charge in [-0.1, -0.05) is 30.3 Å². The second-order valence-electron chi connectivity index (χ2n) is 7.73. The summed E-state index contributed by atoms with van der Waals surface area (Å²) in [5.74, 6) is 1.60. The summed E-state index contributed by atoms with van der Waals surface area (Å²) in [6, 6.07) is 17.8. The zero-order chi connectivity index (χ0) is 25.9. The fourth-order valence-electron chi connectivity index (χ4n) is 3.70. The van der Waals surface area contributed by atoms with Gasteiger partial charge in [0.25, 0.3) is 5.91 Å². The predicted molar refractivity (Wildman–Crippen MR) is 140 cm³/mol. The third-order valence-corrected chi connectivity index (χ3v) is 5.35. The maximum atomic E-state index is 12.9. The van der Waals surface area contributed by atoms with E-state index in [9.17, 15) is 9.59 Å². The summed E-state index contributed by atoms with van der Waals surface area (Å²) in [4.78, 5) is 25.6. The molecule has 0 bridgehead atoms. The number of benzene rings is 3. The molecule has 2 N–H and O–H groups in total. The molecule has 0 radical (unpaired) electrons. The number of anilines is 2. The third-order valence-electron chi connectivity index (χ3n) is 5.35. The molecule has 3 aromatic carbocycles. The van der Waals surface area contributed by atoms with Crippen LogP contribution in [0.3, 0.4) is 0 Å². The number of amides is 2. The number of hydrogen-bond donors (Lipinski definition) is 2. The lowest BCUT2D eigenvalue weighted by Crippen LogP contribution is -2.16. The molecule has 0 saturated carbocycles. The van der Waals surface area contributed by atoms with Crippen molar-refractivity contribution < 1.29 is 28.5 Å². The van der Waals surface area contributed by atoms with E-state index in [0.29, 0.717) is 59.6 Å². The lowest BCUT2D eigenvalue weighted by Gasteiger charge is -2.18. The monoisotopic (exact) mass is 492 g/mol. The van der Waals surface area contributed by atoms with Gasteiger partial charge in [-0.2, -0.15) is 0 Å². The van der Waals surface area contributed by atoms with Crippen molar-refractivity contribution in [1.82, 2.24) is 0 Å². The Kier molecular flexibility index (Phi) is 9.56. The smallest absolute Gasteiger partial charge is 0.255 e. The van der Waals surface area contributed by atoms with Gasteiger partial charge in [-0.15, -0.1) is 0 Å². The third kappa shape index (κ3) is 6.69. The number of methoxy groups -OCH3 is 2. The van der Waals surface area contributed by atoms with E-state index in [1.807, 2.05) is 38.1 Å². The first kappa shape index (κ1) is 26.4. The quantitative estimate of drug-likeness (QED) is 0.355. The fourth-order valence-corrected chi connectivity index (χ4v) is 3.70. The van der Waals surface area contributed by atoms with Crippen molar-refractivity contribution in [2.75, 3.05) is 38.1 Å². The second-order valence-corrected chi connectivity index (χ2v) is 7.73. The summed E-state index contributed by atoms with van der Waals surface area (Å²) in [5.41, 5.74) is 2.29. The number of rotatable bonds is 12. The number of para-hydroxylation sites is 1. The first-order chi connectivity index (χ1) is 17.5. The van der Waals surface area contributed by atoms with Crippen LogP contribution in [0, 0.1) is 0 Å². The van der Waals surface area contributed by atoms with Crippen molar-refractivity contribution in [2.45, 2.75) is 26.7 Å². The molecule has 36 heavy (non-hydrogen) atoms. The molecule has 8 nitrogen and oxygen atoms in total. The Hall–Kier alpha value is -4.20. The average molecular weight is 493 g/mol. The first-order valence-corrected chi connectivity index (χ1v) is 11.8. The van der Waals surface area contributed by atoms with Crippen molar-refractivity contribution in [3.8, 4) is 23.0 Å². The van der Waals surface area contributed by atoms with E-state index < -0.39 is 0 Å². The SMILES string of the molecule is CCOc1cc(NC(=O)c2ccccc2)c(OCC)cc1NC(=O)CCc1cccc(OC)c1OC. The van der Waals surface area contributed by atoms with Gasteiger partial charge in [0.1, 0.15) is 11.5 Å². The number of ether oxygens (including phenoxy) is 4. The standard InChI is InChI=1S/C28H32N2O6/c1-5-35-24-18-22(30-28(32)20-11-8-7-9-12-20)25(36-6-2)17-21(24)29-26(31)16-15-19-13-10-14-23(33-3)27(19)34-4/h7-14,17-18H,5-6,15-16H2,1-4H3,(H,29,31)(H,30,32). The maximum absolute atomic E-state index is 12.9. The van der Waals surface area contributed by atoms with Gasteiger partial charge in [-0.25, -0.2) is 0 Å². The Balaban J connectivity index is 1.80. The largest absolute Gasteiger partial charge is 0.493 e. The predicted octanol–water partition coefficient (Wildman–Crippen LogP) is 5.32. The lowest BCUT2D eigenvalue weighted by atomic mass is 10.1. The summed E-state index contributed by atoms with van der Waals surface area (Å²) in [7, 11) is 3.15. The zero-order valence-electron chi connectivity index (χ0n) is 21.1. The molecule has 0 aliphatic rings. The molecule has 0 aliphatic carbocycles. The Morgan fingerprint density at radius 1 is 0.750 bits per heavy atom. The molecule has 3 rings (SSSR count). The highest BCUT2D eigenvalue weighted by Gasteiger charge is 2.18. The molecule has 0 fully saturated rings. The van der Waals surface area contributed by atoms with Crippen molar-refractivity contribution in [2.24, 2.45) is 0 Å². The van der Waals surface area contributed by atoms with Gasteiger partial charge in [0, 0.05) is 24.1 Å². The molecule has 8 heteroatoms. The molecule has 0 aliphatic heterocycles. The van der Waals surface area contributed by atoms with Crippen molar-refractivity contribution >= 4 is 23.2 Å². The summed E-state index contributed by atoms with van der Waals surface area (Å²) in [5, 5.41) is 5.79. The first-order valence-electron chi connectivity index (χ1n) is 11.8. The van der Waals surface area contributed by atoms with Crippen LogP contribution in [0.15, 0.2) is 60.7 Å². The van der Waals surface area contributed by atoms with Crippen molar-refractivity contribution in [3.63, 3.8) is 0 Å². The normalized spacial score (nSPS) is 10.3. The maximum Gasteiger partial charge on any atom is 0.255 e. The molecule has 0 saturated heterocycles. The second kappa shape index (κ2) is 13.0. The summed E-state index contributed by atoms with van der Waals surface area (Å²) in [6.45, 7) is 4.45. The van der Waals surface area contributed by atoms with E-state index >= 15 is 0 Å². The van der Waals surface area contributed by atoms with Gasteiger partial charge in [0.2, 0.25) is 5.91 Å². The highest BCUT2D eigenvalue weighted by atomic mass is 16.5. The Bertz CT molecular complexity index is 1180. The average Bonchev–Trinajstić information content (AvgIpc) is 2.90. The molecule has 2 amide bonds. The van der Waals surface area contributed by atoms with E-state index in [1.54, 1.807) is 50.6 Å². The zero-order valence-corrected chi connectivity index (χ0v) is 21.1. The van der Waals surface area contributed by atoms with Crippen LogP contribution < -0.4 is 29.6 Å². The van der Waals surface area contributed by atoms with Crippen LogP contribution in [0.25, 0.3) is 0 Å². The molecular weight excluding hydrogens is 460 g/mol. The summed E-state index contributed by atoms with van der Waals surface area (Å²) in [6.07, 6.45) is 0.672. The Labute approximate surface area is 211 Å². The van der Waals surface area contributed by atoms with Gasteiger partial charge < -0.3 is 29.6 Å². The van der Waals surface area contributed by atoms with Crippen LogP contribution in [-0.4, -0.2) is 39.2 Å². The number of carbonyl (C=O) groups excluding carboxylic acids is 2. The van der Waals surface area contributed by atoms with E-state index in [0.717, 1.165) is 5.56 Å². The minimum absolute atomic E-state index is 0.204. The molecule has 190 valence electrons. The molecule has 0 spiro atoms. The van der Waals surface area contributed by atoms with E-state index in [-0.39, 0.29) is 18.2 Å². The molecule has 0 unspecified atom stereocenters. The van der Waals surface area contributed by atoms with Gasteiger partial charge >= 0.3 is 0 Å². The number of hydrogen-bond acceptors (Lipinski definition) is 6. The van der Waals surface area contributed by atoms with E-state index in [2.05, 4.69) is 10.6 Å². The summed E-state index contributed by atoms with van der Waals surface area (Å²) >= 11 is 0. The molecule has 0 heterocycles. The minimum atomic E-state index is -0.275. The van der Waals surface area contributed by atoms with Crippen molar-refractivity contribution in [3.05, 3.63) is 71.8 Å². The minimum Gasteiger partial charge on any atom is -0.493 e. The Morgan fingerprint density at radius 2 is 1.39 bits per heavy atom. The molecule has 0 atom stereocenters. The number of carbonyl (C=O) groups is 2.